The van der Waals surface area contributed by atoms with E-state index in [4.69, 9.17) is 16.1 Å². The lowest BCUT2D eigenvalue weighted by molar-refractivity contribution is 0.221. The van der Waals surface area contributed by atoms with Crippen molar-refractivity contribution in [1.29, 1.82) is 0 Å². The molecular weight excluding hydrogens is 274 g/mol. The van der Waals surface area contributed by atoms with Crippen molar-refractivity contribution in [3.05, 3.63) is 35.2 Å². The van der Waals surface area contributed by atoms with Crippen molar-refractivity contribution < 1.29 is 4.52 Å². The highest BCUT2D eigenvalue weighted by Gasteiger charge is 2.37. The van der Waals surface area contributed by atoms with Crippen LogP contribution in [0, 0.1) is 0 Å². The van der Waals surface area contributed by atoms with Crippen LogP contribution < -0.4 is 5.32 Å². The molecule has 5 heteroatoms. The summed E-state index contributed by atoms with van der Waals surface area (Å²) in [5, 5.41) is 8.24. The molecule has 0 spiro atoms. The Hall–Kier alpha value is -1.39. The maximum Gasteiger partial charge on any atom is 0.234 e. The highest BCUT2D eigenvalue weighted by molar-refractivity contribution is 6.30. The Kier molecular flexibility index (Phi) is 3.76. The van der Waals surface area contributed by atoms with E-state index < -0.39 is 0 Å². The average molecular weight is 292 g/mol. The Morgan fingerprint density at radius 3 is 3.05 bits per heavy atom. The summed E-state index contributed by atoms with van der Waals surface area (Å²) in [6.07, 6.45) is 3.23. The van der Waals surface area contributed by atoms with Crippen LogP contribution in [0.25, 0.3) is 11.4 Å². The normalized spacial score (nSPS) is 22.9. The third-order valence-corrected chi connectivity index (χ3v) is 4.35. The molecule has 1 aliphatic rings. The maximum absolute atomic E-state index is 6.01. The van der Waals surface area contributed by atoms with Gasteiger partial charge in [-0.15, -0.1) is 0 Å². The molecule has 1 saturated heterocycles. The average Bonchev–Trinajstić information content (AvgIpc) is 2.98. The number of nitrogens with one attached hydrogen (secondary N) is 1. The highest BCUT2D eigenvalue weighted by atomic mass is 35.5. The van der Waals surface area contributed by atoms with E-state index in [1.165, 1.54) is 0 Å². The predicted octanol–water partition coefficient (Wildman–Crippen LogP) is 3.42. The second kappa shape index (κ2) is 5.54. The van der Waals surface area contributed by atoms with E-state index in [0.717, 1.165) is 43.8 Å². The number of hydrogen-bond donors (Lipinski definition) is 1. The zero-order valence-electron chi connectivity index (χ0n) is 11.5. The molecule has 0 bridgehead atoms. The van der Waals surface area contributed by atoms with E-state index in [0.29, 0.717) is 10.8 Å². The van der Waals surface area contributed by atoms with Gasteiger partial charge in [0.25, 0.3) is 0 Å². The number of nitrogens with zero attached hydrogens (tertiary/aromatic N) is 2. The molecule has 1 fully saturated rings. The quantitative estimate of drug-likeness (QED) is 0.941. The van der Waals surface area contributed by atoms with Gasteiger partial charge >= 0.3 is 0 Å². The molecule has 3 rings (SSSR count). The first-order valence-electron chi connectivity index (χ1n) is 7.04. The number of hydrogen-bond acceptors (Lipinski definition) is 4. The van der Waals surface area contributed by atoms with Crippen LogP contribution in [-0.2, 0) is 5.41 Å². The van der Waals surface area contributed by atoms with Crippen molar-refractivity contribution in [2.45, 2.75) is 31.6 Å². The van der Waals surface area contributed by atoms with E-state index >= 15 is 0 Å². The van der Waals surface area contributed by atoms with Gasteiger partial charge in [0.05, 0.1) is 5.41 Å². The summed E-state index contributed by atoms with van der Waals surface area (Å²) in [6.45, 7) is 4.15. The lowest BCUT2D eigenvalue weighted by Crippen LogP contribution is -2.43. The topological polar surface area (TPSA) is 51.0 Å². The largest absolute Gasteiger partial charge is 0.338 e. The van der Waals surface area contributed by atoms with Gasteiger partial charge in [0, 0.05) is 17.1 Å². The number of halogens is 1. The van der Waals surface area contributed by atoms with Crippen LogP contribution in [0.1, 0.15) is 32.1 Å². The molecule has 2 heterocycles. The summed E-state index contributed by atoms with van der Waals surface area (Å²) < 4.78 is 5.55. The standard InChI is InChI=1S/C15H18ClN3O/c1-2-15(7-4-8-17-10-15)14-18-13(19-20-14)11-5-3-6-12(16)9-11/h3,5-6,9,17H,2,4,7-8,10H2,1H3. The van der Waals surface area contributed by atoms with E-state index in [9.17, 15) is 0 Å². The maximum atomic E-state index is 6.01. The Balaban J connectivity index is 1.93. The second-order valence-corrected chi connectivity index (χ2v) is 5.78. The van der Waals surface area contributed by atoms with Gasteiger partial charge in [-0.05, 0) is 37.9 Å². The summed E-state index contributed by atoms with van der Waals surface area (Å²) in [4.78, 5) is 4.61. The van der Waals surface area contributed by atoms with Crippen LogP contribution in [-0.4, -0.2) is 23.2 Å². The van der Waals surface area contributed by atoms with E-state index in [-0.39, 0.29) is 5.41 Å². The van der Waals surface area contributed by atoms with Crippen molar-refractivity contribution in [3.8, 4) is 11.4 Å². The molecule has 4 nitrogen and oxygen atoms in total. The Labute approximate surface area is 123 Å². The molecule has 2 aromatic rings. The smallest absolute Gasteiger partial charge is 0.234 e. The minimum Gasteiger partial charge on any atom is -0.338 e. The summed E-state index contributed by atoms with van der Waals surface area (Å²) in [5.74, 6) is 1.35. The third-order valence-electron chi connectivity index (χ3n) is 4.11. The Bertz CT molecular complexity index is 590. The van der Waals surface area contributed by atoms with Crippen molar-refractivity contribution in [2.24, 2.45) is 0 Å². The van der Waals surface area contributed by atoms with Gasteiger partial charge in [-0.2, -0.15) is 4.98 Å². The minimum absolute atomic E-state index is 0.0257. The molecule has 1 aromatic heterocycles. The van der Waals surface area contributed by atoms with Gasteiger partial charge in [0.2, 0.25) is 11.7 Å². The molecule has 106 valence electrons. The number of rotatable bonds is 3. The first kappa shape index (κ1) is 13.6. The zero-order valence-corrected chi connectivity index (χ0v) is 12.3. The van der Waals surface area contributed by atoms with Crippen molar-refractivity contribution >= 4 is 11.6 Å². The summed E-state index contributed by atoms with van der Waals surface area (Å²) in [7, 11) is 0. The molecule has 0 amide bonds. The molecule has 1 unspecified atom stereocenters. The first-order chi connectivity index (χ1) is 9.73. The minimum atomic E-state index is -0.0257. The molecule has 1 atom stereocenters. The fraction of sp³-hybridized carbons (Fsp3) is 0.467. The number of aromatic nitrogens is 2. The number of piperidine rings is 1. The SMILES string of the molecule is CCC1(c2nc(-c3cccc(Cl)c3)no2)CCCNC1. The van der Waals surface area contributed by atoms with Gasteiger partial charge in [0.1, 0.15) is 0 Å². The van der Waals surface area contributed by atoms with Crippen molar-refractivity contribution in [1.82, 2.24) is 15.5 Å². The number of benzene rings is 1. The molecule has 1 aliphatic heterocycles. The Morgan fingerprint density at radius 2 is 2.35 bits per heavy atom. The van der Waals surface area contributed by atoms with Crippen LogP contribution in [0.2, 0.25) is 5.02 Å². The molecule has 0 radical (unpaired) electrons. The van der Waals surface area contributed by atoms with Gasteiger partial charge in [0.15, 0.2) is 0 Å². The monoisotopic (exact) mass is 291 g/mol. The molecule has 1 N–H and O–H groups in total. The van der Waals surface area contributed by atoms with Crippen molar-refractivity contribution in [3.63, 3.8) is 0 Å². The van der Waals surface area contributed by atoms with Gasteiger partial charge in [-0.1, -0.05) is 35.8 Å². The molecule has 0 saturated carbocycles. The van der Waals surface area contributed by atoms with Crippen LogP contribution >= 0.6 is 11.6 Å². The van der Waals surface area contributed by atoms with Crippen molar-refractivity contribution in [2.75, 3.05) is 13.1 Å². The van der Waals surface area contributed by atoms with Gasteiger partial charge in [-0.25, -0.2) is 0 Å². The van der Waals surface area contributed by atoms with Crippen LogP contribution in [0.3, 0.4) is 0 Å². The lowest BCUT2D eigenvalue weighted by Gasteiger charge is -2.33. The van der Waals surface area contributed by atoms with E-state index in [1.54, 1.807) is 0 Å². The van der Waals surface area contributed by atoms with Gasteiger partial charge in [-0.3, -0.25) is 0 Å². The van der Waals surface area contributed by atoms with Crippen LogP contribution in [0.4, 0.5) is 0 Å². The van der Waals surface area contributed by atoms with Crippen LogP contribution in [0.15, 0.2) is 28.8 Å². The lowest BCUT2D eigenvalue weighted by atomic mass is 9.78. The molecule has 1 aromatic carbocycles. The fourth-order valence-electron chi connectivity index (χ4n) is 2.79. The highest BCUT2D eigenvalue weighted by Crippen LogP contribution is 2.34. The van der Waals surface area contributed by atoms with Crippen LogP contribution in [0.5, 0.6) is 0 Å². The first-order valence-corrected chi connectivity index (χ1v) is 7.42. The predicted molar refractivity (Wildman–Crippen MR) is 78.8 cm³/mol. The van der Waals surface area contributed by atoms with E-state index in [1.807, 2.05) is 24.3 Å². The third kappa shape index (κ3) is 2.45. The molecule has 20 heavy (non-hydrogen) atoms. The molecule has 0 aliphatic carbocycles. The van der Waals surface area contributed by atoms with E-state index in [2.05, 4.69) is 22.4 Å². The summed E-state index contributed by atoms with van der Waals surface area (Å²) >= 11 is 6.01. The molecular formula is C15H18ClN3O. The summed E-state index contributed by atoms with van der Waals surface area (Å²) in [5.41, 5.74) is 0.866. The zero-order chi connectivity index (χ0) is 14.0. The second-order valence-electron chi connectivity index (χ2n) is 5.35. The van der Waals surface area contributed by atoms with Gasteiger partial charge < -0.3 is 9.84 Å². The fourth-order valence-corrected chi connectivity index (χ4v) is 2.98. The summed E-state index contributed by atoms with van der Waals surface area (Å²) in [6, 6.07) is 7.53. The Morgan fingerprint density at radius 1 is 1.45 bits per heavy atom.